The molecule has 1 N–H and O–H groups in total. The number of sulfonamides is 1. The first-order valence-electron chi connectivity index (χ1n) is 5.31. The van der Waals surface area contributed by atoms with E-state index in [1.807, 2.05) is 6.07 Å². The van der Waals surface area contributed by atoms with Crippen molar-refractivity contribution in [2.75, 3.05) is 0 Å². The number of benzene rings is 1. The molecule has 8 heteroatoms. The molecule has 7 nitrogen and oxygen atoms in total. The second kappa shape index (κ2) is 5.60. The predicted octanol–water partition coefficient (Wildman–Crippen LogP) is 0.561. The highest BCUT2D eigenvalue weighted by atomic mass is 32.2. The van der Waals surface area contributed by atoms with E-state index in [0.717, 1.165) is 6.39 Å². The third kappa shape index (κ3) is 3.61. The molecule has 0 saturated carbocycles. The van der Waals surface area contributed by atoms with Gasteiger partial charge < -0.3 is 4.52 Å². The molecule has 0 spiro atoms. The van der Waals surface area contributed by atoms with Gasteiger partial charge in [0, 0.05) is 0 Å². The van der Waals surface area contributed by atoms with Crippen LogP contribution in [0.15, 0.2) is 35.2 Å². The highest BCUT2D eigenvalue weighted by Crippen LogP contribution is 2.11. The summed E-state index contributed by atoms with van der Waals surface area (Å²) < 4.78 is 30.5. The fraction of sp³-hybridized carbons (Fsp3) is 0.182. The second-order valence-corrected chi connectivity index (χ2v) is 5.50. The van der Waals surface area contributed by atoms with Gasteiger partial charge in [0.15, 0.2) is 5.82 Å². The van der Waals surface area contributed by atoms with Crippen LogP contribution in [0.25, 0.3) is 0 Å². The maximum absolute atomic E-state index is 11.9. The van der Waals surface area contributed by atoms with Crippen molar-refractivity contribution in [2.24, 2.45) is 0 Å². The van der Waals surface area contributed by atoms with Gasteiger partial charge in [-0.3, -0.25) is 0 Å². The normalized spacial score (nSPS) is 11.1. The molecule has 1 heterocycles. The van der Waals surface area contributed by atoms with E-state index in [9.17, 15) is 8.42 Å². The minimum atomic E-state index is -3.57. The van der Waals surface area contributed by atoms with Crippen molar-refractivity contribution >= 4 is 10.0 Å². The SMILES string of the molecule is N#Cc1ccccc1CS(=O)(=O)NCc1ncon1. The smallest absolute Gasteiger partial charge is 0.216 e. The van der Waals surface area contributed by atoms with Crippen LogP contribution in [0.4, 0.5) is 0 Å². The van der Waals surface area contributed by atoms with E-state index in [1.54, 1.807) is 24.3 Å². The maximum atomic E-state index is 11.9. The molecule has 19 heavy (non-hydrogen) atoms. The van der Waals surface area contributed by atoms with Crippen LogP contribution in [-0.2, 0) is 22.3 Å². The number of hydrogen-bond acceptors (Lipinski definition) is 6. The van der Waals surface area contributed by atoms with E-state index in [1.165, 1.54) is 0 Å². The molecule has 0 amide bonds. The van der Waals surface area contributed by atoms with Gasteiger partial charge in [0.1, 0.15) is 0 Å². The summed E-state index contributed by atoms with van der Waals surface area (Å²) in [6, 6.07) is 8.50. The van der Waals surface area contributed by atoms with Crippen molar-refractivity contribution in [3.05, 3.63) is 47.6 Å². The molecule has 0 atom stereocenters. The van der Waals surface area contributed by atoms with Crippen molar-refractivity contribution in [3.8, 4) is 6.07 Å². The van der Waals surface area contributed by atoms with Crippen molar-refractivity contribution in [2.45, 2.75) is 12.3 Å². The summed E-state index contributed by atoms with van der Waals surface area (Å²) in [5.74, 6) is -0.0219. The molecule has 1 aromatic heterocycles. The molecule has 2 rings (SSSR count). The number of hydrogen-bond donors (Lipinski definition) is 1. The third-order valence-corrected chi connectivity index (χ3v) is 3.62. The van der Waals surface area contributed by atoms with E-state index in [4.69, 9.17) is 5.26 Å². The largest absolute Gasteiger partial charge is 0.343 e. The number of nitrogens with one attached hydrogen (secondary N) is 1. The summed E-state index contributed by atoms with van der Waals surface area (Å²) >= 11 is 0. The molecule has 0 aliphatic rings. The van der Waals surface area contributed by atoms with Crippen LogP contribution in [-0.4, -0.2) is 18.6 Å². The first kappa shape index (κ1) is 13.2. The Morgan fingerprint density at radius 3 is 2.84 bits per heavy atom. The Morgan fingerprint density at radius 1 is 1.37 bits per heavy atom. The Kier molecular flexibility index (Phi) is 3.89. The third-order valence-electron chi connectivity index (χ3n) is 2.34. The Balaban J connectivity index is 2.07. The van der Waals surface area contributed by atoms with E-state index >= 15 is 0 Å². The Hall–Kier alpha value is -2.24. The fourth-order valence-corrected chi connectivity index (χ4v) is 2.57. The topological polar surface area (TPSA) is 109 Å². The maximum Gasteiger partial charge on any atom is 0.216 e. The van der Waals surface area contributed by atoms with Crippen LogP contribution in [0.5, 0.6) is 0 Å². The Morgan fingerprint density at radius 2 is 2.16 bits per heavy atom. The van der Waals surface area contributed by atoms with Crippen molar-refractivity contribution in [1.82, 2.24) is 14.9 Å². The van der Waals surface area contributed by atoms with Crippen LogP contribution in [0.2, 0.25) is 0 Å². The molecule has 0 saturated heterocycles. The molecule has 0 fully saturated rings. The van der Waals surface area contributed by atoms with Crippen molar-refractivity contribution in [3.63, 3.8) is 0 Å². The lowest BCUT2D eigenvalue weighted by atomic mass is 10.1. The molecular formula is C11H10N4O3S. The van der Waals surface area contributed by atoms with Crippen molar-refractivity contribution in [1.29, 1.82) is 5.26 Å². The molecule has 0 unspecified atom stereocenters. The zero-order valence-corrected chi connectivity index (χ0v) is 10.6. The van der Waals surface area contributed by atoms with E-state index in [2.05, 4.69) is 19.4 Å². The summed E-state index contributed by atoms with van der Waals surface area (Å²) in [6.07, 6.45) is 1.12. The second-order valence-electron chi connectivity index (χ2n) is 3.70. The first-order chi connectivity index (χ1) is 9.11. The Bertz CT molecular complexity index is 689. The van der Waals surface area contributed by atoms with Gasteiger partial charge in [0.05, 0.1) is 23.9 Å². The lowest BCUT2D eigenvalue weighted by Crippen LogP contribution is -2.25. The van der Waals surface area contributed by atoms with Gasteiger partial charge >= 0.3 is 0 Å². The lowest BCUT2D eigenvalue weighted by Gasteiger charge is -2.06. The van der Waals surface area contributed by atoms with E-state index < -0.39 is 10.0 Å². The first-order valence-corrected chi connectivity index (χ1v) is 6.96. The van der Waals surface area contributed by atoms with Gasteiger partial charge in [0.2, 0.25) is 16.4 Å². The Labute approximate surface area is 109 Å². The van der Waals surface area contributed by atoms with Crippen LogP contribution in [0.3, 0.4) is 0 Å². The molecule has 0 bridgehead atoms. The summed E-state index contributed by atoms with van der Waals surface area (Å²) in [5.41, 5.74) is 0.790. The minimum Gasteiger partial charge on any atom is -0.343 e. The van der Waals surface area contributed by atoms with Crippen LogP contribution in [0.1, 0.15) is 17.0 Å². The van der Waals surface area contributed by atoms with Gasteiger partial charge in [-0.1, -0.05) is 23.4 Å². The fourth-order valence-electron chi connectivity index (χ4n) is 1.46. The van der Waals surface area contributed by atoms with Gasteiger partial charge in [-0.2, -0.15) is 10.2 Å². The van der Waals surface area contributed by atoms with Gasteiger partial charge in [-0.15, -0.1) is 0 Å². The number of aromatic nitrogens is 2. The highest BCUT2D eigenvalue weighted by molar-refractivity contribution is 7.88. The molecule has 2 aromatic rings. The predicted molar refractivity (Wildman–Crippen MR) is 64.9 cm³/mol. The molecular weight excluding hydrogens is 268 g/mol. The summed E-state index contributed by atoms with van der Waals surface area (Å²) in [7, 11) is -3.57. The van der Waals surface area contributed by atoms with Gasteiger partial charge in [-0.25, -0.2) is 13.1 Å². The highest BCUT2D eigenvalue weighted by Gasteiger charge is 2.14. The standard InChI is InChI=1S/C11H10N4O3S/c12-5-9-3-1-2-4-10(9)7-19(16,17)14-6-11-13-8-18-15-11/h1-4,8,14H,6-7H2. The average molecular weight is 278 g/mol. The molecule has 0 aliphatic carbocycles. The zero-order valence-electron chi connectivity index (χ0n) is 9.78. The number of nitriles is 1. The number of rotatable bonds is 5. The van der Waals surface area contributed by atoms with Crippen LogP contribution in [0, 0.1) is 11.3 Å². The van der Waals surface area contributed by atoms with E-state index in [0.29, 0.717) is 11.1 Å². The minimum absolute atomic E-state index is 0.0481. The quantitative estimate of drug-likeness (QED) is 0.856. The number of nitrogens with zero attached hydrogens (tertiary/aromatic N) is 3. The summed E-state index contributed by atoms with van der Waals surface area (Å²) in [4.78, 5) is 3.70. The average Bonchev–Trinajstić information content (AvgIpc) is 2.90. The summed E-state index contributed by atoms with van der Waals surface area (Å²) in [5, 5.41) is 12.4. The zero-order chi connectivity index (χ0) is 13.7. The van der Waals surface area contributed by atoms with Crippen molar-refractivity contribution < 1.29 is 12.9 Å². The van der Waals surface area contributed by atoms with Gasteiger partial charge in [-0.05, 0) is 11.6 Å². The summed E-state index contributed by atoms with van der Waals surface area (Å²) in [6.45, 7) is -0.0481. The van der Waals surface area contributed by atoms with Gasteiger partial charge in [0.25, 0.3) is 0 Å². The molecule has 98 valence electrons. The molecule has 1 aromatic carbocycles. The monoisotopic (exact) mass is 278 g/mol. The molecule has 0 radical (unpaired) electrons. The van der Waals surface area contributed by atoms with E-state index in [-0.39, 0.29) is 18.1 Å². The van der Waals surface area contributed by atoms with Crippen LogP contribution < -0.4 is 4.72 Å². The molecule has 0 aliphatic heterocycles. The lowest BCUT2D eigenvalue weighted by molar-refractivity contribution is 0.409. The van der Waals surface area contributed by atoms with Crippen LogP contribution >= 0.6 is 0 Å².